The summed E-state index contributed by atoms with van der Waals surface area (Å²) in [5, 5.41) is 4.26. The predicted octanol–water partition coefficient (Wildman–Crippen LogP) is 0.00480. The molecule has 3 heterocycles. The van der Waals surface area contributed by atoms with E-state index in [4.69, 9.17) is 0 Å². The molecule has 1 atom stereocenters. The van der Waals surface area contributed by atoms with Crippen molar-refractivity contribution in [1.82, 2.24) is 24.3 Å². The molecule has 22 heavy (non-hydrogen) atoms. The monoisotopic (exact) mass is 327 g/mol. The van der Waals surface area contributed by atoms with E-state index in [0.717, 1.165) is 37.9 Å². The van der Waals surface area contributed by atoms with Crippen LogP contribution >= 0.6 is 0 Å². The Labute approximate surface area is 130 Å². The van der Waals surface area contributed by atoms with Gasteiger partial charge in [-0.1, -0.05) is 0 Å². The number of carbonyl (C=O) groups excluding carboxylic acids is 1. The van der Waals surface area contributed by atoms with Crippen molar-refractivity contribution in [2.24, 2.45) is 0 Å². The standard InChI is InChI=1S/C13H21N5O3S/c1-22(20,21)15-8-12-10-17(9-11-4-5-14-18(11)12)13(19)16-6-2-3-7-16/h4-5,12,15H,2-3,6-10H2,1H3. The number of carbonyl (C=O) groups is 1. The van der Waals surface area contributed by atoms with Gasteiger partial charge in [-0.2, -0.15) is 5.10 Å². The molecule has 1 unspecified atom stereocenters. The topological polar surface area (TPSA) is 87.5 Å². The summed E-state index contributed by atoms with van der Waals surface area (Å²) in [6, 6.07) is 1.73. The van der Waals surface area contributed by atoms with Crippen molar-refractivity contribution >= 4 is 16.1 Å². The Morgan fingerprint density at radius 3 is 2.77 bits per heavy atom. The molecule has 3 rings (SSSR count). The second-order valence-corrected chi connectivity index (χ2v) is 7.73. The SMILES string of the molecule is CS(=O)(=O)NCC1CN(C(=O)N2CCCC2)Cc2ccnn21. The fourth-order valence-electron chi connectivity index (χ4n) is 3.04. The van der Waals surface area contributed by atoms with Gasteiger partial charge in [-0.3, -0.25) is 4.68 Å². The average Bonchev–Trinajstić information content (AvgIpc) is 3.13. The third kappa shape index (κ3) is 3.25. The molecule has 122 valence electrons. The van der Waals surface area contributed by atoms with Crippen LogP contribution in [0.2, 0.25) is 0 Å². The zero-order chi connectivity index (χ0) is 15.7. The van der Waals surface area contributed by atoms with Crippen molar-refractivity contribution in [3.05, 3.63) is 18.0 Å². The lowest BCUT2D eigenvalue weighted by Gasteiger charge is -2.36. The van der Waals surface area contributed by atoms with E-state index in [2.05, 4.69) is 9.82 Å². The van der Waals surface area contributed by atoms with Crippen molar-refractivity contribution in [1.29, 1.82) is 0 Å². The van der Waals surface area contributed by atoms with Crippen LogP contribution in [0.1, 0.15) is 24.6 Å². The number of rotatable bonds is 3. The Morgan fingerprint density at radius 2 is 2.09 bits per heavy atom. The molecule has 0 radical (unpaired) electrons. The number of aromatic nitrogens is 2. The zero-order valence-corrected chi connectivity index (χ0v) is 13.4. The summed E-state index contributed by atoms with van der Waals surface area (Å²) in [5.41, 5.74) is 0.930. The maximum Gasteiger partial charge on any atom is 0.320 e. The Balaban J connectivity index is 1.74. The van der Waals surface area contributed by atoms with Gasteiger partial charge >= 0.3 is 6.03 Å². The van der Waals surface area contributed by atoms with E-state index in [-0.39, 0.29) is 18.6 Å². The molecular formula is C13H21N5O3S. The molecule has 2 aliphatic rings. The molecule has 0 bridgehead atoms. The first kappa shape index (κ1) is 15.3. The molecular weight excluding hydrogens is 306 g/mol. The van der Waals surface area contributed by atoms with E-state index in [0.29, 0.717) is 13.1 Å². The molecule has 1 aromatic rings. The van der Waals surface area contributed by atoms with Gasteiger partial charge < -0.3 is 9.80 Å². The summed E-state index contributed by atoms with van der Waals surface area (Å²) < 4.78 is 27.0. The van der Waals surface area contributed by atoms with Crippen molar-refractivity contribution in [3.63, 3.8) is 0 Å². The first-order valence-corrected chi connectivity index (χ1v) is 9.34. The quantitative estimate of drug-likeness (QED) is 0.847. The molecule has 1 fully saturated rings. The molecule has 0 spiro atoms. The number of hydrogen-bond acceptors (Lipinski definition) is 4. The van der Waals surface area contributed by atoms with E-state index in [1.165, 1.54) is 0 Å². The lowest BCUT2D eigenvalue weighted by Crippen LogP contribution is -2.49. The second kappa shape index (κ2) is 5.88. The number of likely N-dealkylation sites (tertiary alicyclic amines) is 1. The maximum atomic E-state index is 12.6. The highest BCUT2D eigenvalue weighted by Gasteiger charge is 2.32. The van der Waals surface area contributed by atoms with Gasteiger partial charge in [-0.25, -0.2) is 17.9 Å². The Bertz CT molecular complexity index is 650. The summed E-state index contributed by atoms with van der Waals surface area (Å²) in [6.45, 7) is 2.83. The van der Waals surface area contributed by atoms with Crippen LogP contribution in [0, 0.1) is 0 Å². The molecule has 0 aromatic carbocycles. The van der Waals surface area contributed by atoms with E-state index in [1.807, 2.05) is 15.6 Å². The summed E-state index contributed by atoms with van der Waals surface area (Å²) in [5.74, 6) is 0. The van der Waals surface area contributed by atoms with Crippen LogP contribution < -0.4 is 4.72 Å². The third-order valence-electron chi connectivity index (χ3n) is 4.11. The smallest absolute Gasteiger partial charge is 0.320 e. The summed E-state index contributed by atoms with van der Waals surface area (Å²) in [4.78, 5) is 16.2. The molecule has 1 aromatic heterocycles. The number of nitrogens with zero attached hydrogens (tertiary/aromatic N) is 4. The predicted molar refractivity (Wildman–Crippen MR) is 80.7 cm³/mol. The van der Waals surface area contributed by atoms with Gasteiger partial charge in [0.25, 0.3) is 0 Å². The number of nitrogens with one attached hydrogen (secondary N) is 1. The third-order valence-corrected chi connectivity index (χ3v) is 4.80. The summed E-state index contributed by atoms with van der Waals surface area (Å²) in [6.07, 6.45) is 4.92. The molecule has 2 aliphatic heterocycles. The fourth-order valence-corrected chi connectivity index (χ4v) is 3.54. The van der Waals surface area contributed by atoms with Crippen LogP contribution in [-0.4, -0.2) is 66.5 Å². The Kier molecular flexibility index (Phi) is 4.09. The minimum Gasteiger partial charge on any atom is -0.325 e. The van der Waals surface area contributed by atoms with E-state index in [1.54, 1.807) is 11.1 Å². The van der Waals surface area contributed by atoms with Crippen LogP contribution in [0.15, 0.2) is 12.3 Å². The number of sulfonamides is 1. The van der Waals surface area contributed by atoms with Crippen LogP contribution in [0.4, 0.5) is 4.79 Å². The lowest BCUT2D eigenvalue weighted by molar-refractivity contribution is 0.136. The van der Waals surface area contributed by atoms with Gasteiger partial charge in [0.2, 0.25) is 10.0 Å². The minimum atomic E-state index is -3.27. The highest BCUT2D eigenvalue weighted by Crippen LogP contribution is 2.22. The van der Waals surface area contributed by atoms with Crippen LogP contribution in [-0.2, 0) is 16.6 Å². The van der Waals surface area contributed by atoms with Crippen LogP contribution in [0.5, 0.6) is 0 Å². The first-order valence-electron chi connectivity index (χ1n) is 7.45. The van der Waals surface area contributed by atoms with Crippen molar-refractivity contribution in [2.45, 2.75) is 25.4 Å². The van der Waals surface area contributed by atoms with Crippen molar-refractivity contribution < 1.29 is 13.2 Å². The van der Waals surface area contributed by atoms with Crippen LogP contribution in [0.3, 0.4) is 0 Å². The number of hydrogen-bond donors (Lipinski definition) is 1. The molecule has 2 amide bonds. The lowest BCUT2D eigenvalue weighted by atomic mass is 10.2. The fraction of sp³-hybridized carbons (Fsp3) is 0.692. The van der Waals surface area contributed by atoms with Gasteiger partial charge in [-0.15, -0.1) is 0 Å². The molecule has 8 nitrogen and oxygen atoms in total. The summed E-state index contributed by atoms with van der Waals surface area (Å²) >= 11 is 0. The highest BCUT2D eigenvalue weighted by molar-refractivity contribution is 7.88. The van der Waals surface area contributed by atoms with Gasteiger partial charge in [0, 0.05) is 32.4 Å². The first-order chi connectivity index (χ1) is 10.4. The normalized spacial score (nSPS) is 22.0. The van der Waals surface area contributed by atoms with E-state index < -0.39 is 10.0 Å². The Hall–Kier alpha value is -1.61. The average molecular weight is 327 g/mol. The molecule has 9 heteroatoms. The maximum absolute atomic E-state index is 12.6. The van der Waals surface area contributed by atoms with E-state index >= 15 is 0 Å². The van der Waals surface area contributed by atoms with Gasteiger partial charge in [0.1, 0.15) is 0 Å². The van der Waals surface area contributed by atoms with Crippen molar-refractivity contribution in [3.8, 4) is 0 Å². The summed E-state index contributed by atoms with van der Waals surface area (Å²) in [7, 11) is -3.27. The largest absolute Gasteiger partial charge is 0.325 e. The van der Waals surface area contributed by atoms with Crippen molar-refractivity contribution in [2.75, 3.05) is 32.4 Å². The van der Waals surface area contributed by atoms with Gasteiger partial charge in [0.15, 0.2) is 0 Å². The molecule has 1 saturated heterocycles. The highest BCUT2D eigenvalue weighted by atomic mass is 32.2. The van der Waals surface area contributed by atoms with Gasteiger partial charge in [0.05, 0.1) is 24.5 Å². The molecule has 0 aliphatic carbocycles. The van der Waals surface area contributed by atoms with Gasteiger partial charge in [-0.05, 0) is 18.9 Å². The minimum absolute atomic E-state index is 0.0364. The number of urea groups is 1. The number of amides is 2. The second-order valence-electron chi connectivity index (χ2n) is 5.90. The molecule has 0 saturated carbocycles. The van der Waals surface area contributed by atoms with E-state index in [9.17, 15) is 13.2 Å². The van der Waals surface area contributed by atoms with Crippen LogP contribution in [0.25, 0.3) is 0 Å². The Morgan fingerprint density at radius 1 is 1.36 bits per heavy atom. The zero-order valence-electron chi connectivity index (χ0n) is 12.6. The molecule has 1 N–H and O–H groups in total. The number of fused-ring (bicyclic) bond motifs is 1.